The summed E-state index contributed by atoms with van der Waals surface area (Å²) in [4.78, 5) is 100. The summed E-state index contributed by atoms with van der Waals surface area (Å²) in [5.74, 6) is -0.810. The van der Waals surface area contributed by atoms with Gasteiger partial charge in [-0.05, 0) is 113 Å². The molecule has 0 bridgehead atoms. The fraction of sp³-hybridized carbons (Fsp3) is 0.311. The van der Waals surface area contributed by atoms with Crippen molar-refractivity contribution < 1.29 is 45.8 Å². The van der Waals surface area contributed by atoms with Gasteiger partial charge in [-0.25, -0.2) is 24.4 Å². The number of nitrogens with zero attached hydrogens (tertiary/aromatic N) is 13. The van der Waals surface area contributed by atoms with E-state index in [9.17, 15) is 28.8 Å². The number of ketones is 4. The van der Waals surface area contributed by atoms with Gasteiger partial charge in [0, 0.05) is 129 Å². The summed E-state index contributed by atoms with van der Waals surface area (Å²) in [5, 5.41) is 7.92. The van der Waals surface area contributed by atoms with Crippen LogP contribution in [0.2, 0.25) is 0 Å². The van der Waals surface area contributed by atoms with Crippen LogP contribution in [0.15, 0.2) is 107 Å². The molecule has 6 aliphatic rings. The minimum Gasteiger partial charge on any atom is -0.512 e. The first-order valence-electron chi connectivity index (χ1n) is 27.3. The molecule has 2 aromatic carbocycles. The van der Waals surface area contributed by atoms with Gasteiger partial charge in [0.15, 0.2) is 28.8 Å². The fourth-order valence-corrected chi connectivity index (χ4v) is 13.0. The monoisotopic (exact) mass is 1240 g/mol. The van der Waals surface area contributed by atoms with Crippen LogP contribution in [0.3, 0.4) is 0 Å². The largest absolute Gasteiger partial charge is 1.00 e. The molecular formula is C61H56BrCuN13O6P. The number of pyridine rings is 2. The van der Waals surface area contributed by atoms with E-state index in [0.717, 1.165) is 107 Å². The average Bonchev–Trinajstić information content (AvgIpc) is 2.41. The number of likely N-dealkylation sites (tertiary alicyclic amines) is 2. The molecule has 0 radical (unpaired) electrons. The molecule has 4 amide bonds. The number of amides is 4. The Bertz CT molecular complexity index is 4110. The predicted octanol–water partition coefficient (Wildman–Crippen LogP) is 10.7. The van der Waals surface area contributed by atoms with Gasteiger partial charge in [0.25, 0.3) is 0 Å². The van der Waals surface area contributed by atoms with Crippen LogP contribution >= 0.6 is 25.0 Å². The van der Waals surface area contributed by atoms with Crippen molar-refractivity contribution in [2.45, 2.75) is 77.5 Å². The van der Waals surface area contributed by atoms with E-state index in [0.29, 0.717) is 89.8 Å². The number of hydrogen-bond acceptors (Lipinski definition) is 10. The number of aromatic nitrogens is 6. The van der Waals surface area contributed by atoms with E-state index < -0.39 is 0 Å². The molecule has 22 heteroatoms. The van der Waals surface area contributed by atoms with E-state index in [1.54, 1.807) is 25.5 Å². The summed E-state index contributed by atoms with van der Waals surface area (Å²) in [5.41, 5.74) is 9.94. The van der Waals surface area contributed by atoms with E-state index in [2.05, 4.69) is 59.7 Å². The number of rotatable bonds is 4. The maximum absolute atomic E-state index is 13.4. The Labute approximate surface area is 499 Å². The topological polar surface area (TPSA) is 200 Å². The SMILES string of the molecule is CN=P.O=C1CC(=O)C(c2cnc3ccccn23)=C1c1cn2c3c(cc(Br)cc13)CN(C(=O)N1CCCCC1)CC2.[C-]#N.[C-]#[N+]c1cc2c3c(c1)c(C1=C(c4cnc5ccccn45)C(=O)CC1=O)cn3CCN(C(=O)N1CCCCC1)C2.[Cu+]. The Morgan fingerprint density at radius 2 is 1.01 bits per heavy atom. The normalized spacial score (nSPS) is 16.9. The number of allylic oxidation sites excluding steroid dienone is 4. The average molecular weight is 1240 g/mol. The number of benzene rings is 2. The van der Waals surface area contributed by atoms with Gasteiger partial charge < -0.3 is 40.6 Å². The third kappa shape index (κ3) is 10.7. The number of piperidine rings is 2. The van der Waals surface area contributed by atoms with Gasteiger partial charge in [-0.15, -0.1) is 0 Å². The Morgan fingerprint density at radius 1 is 0.590 bits per heavy atom. The van der Waals surface area contributed by atoms with Crippen LogP contribution in [0, 0.1) is 18.4 Å². The number of carbonyl (C=O) groups excluding carboxylic acids is 6. The molecule has 2 aliphatic carbocycles. The summed E-state index contributed by atoms with van der Waals surface area (Å²) in [6.07, 6.45) is 17.1. The number of imidazole rings is 2. The smallest absolute Gasteiger partial charge is 0.512 e. The van der Waals surface area contributed by atoms with Crippen LogP contribution in [0.25, 0.3) is 60.2 Å². The molecule has 14 rings (SSSR count). The van der Waals surface area contributed by atoms with Crippen molar-refractivity contribution in [3.63, 3.8) is 0 Å². The maximum atomic E-state index is 13.4. The summed E-state index contributed by atoms with van der Waals surface area (Å²) >= 11 is 3.67. The van der Waals surface area contributed by atoms with Gasteiger partial charge in [0.05, 0.1) is 65.4 Å². The Hall–Kier alpha value is -8.32. The molecule has 424 valence electrons. The van der Waals surface area contributed by atoms with Crippen molar-refractivity contribution in [3.05, 3.63) is 154 Å². The van der Waals surface area contributed by atoms with E-state index in [1.165, 1.54) is 6.42 Å². The van der Waals surface area contributed by atoms with Gasteiger partial charge in [-0.3, -0.25) is 32.7 Å². The van der Waals surface area contributed by atoms with Crippen molar-refractivity contribution in [2.24, 2.45) is 4.74 Å². The van der Waals surface area contributed by atoms with Crippen molar-refractivity contribution in [1.82, 2.24) is 47.5 Å². The molecule has 0 spiro atoms. The Morgan fingerprint density at radius 3 is 1.46 bits per heavy atom. The first kappa shape index (κ1) is 57.9. The number of halogens is 1. The second kappa shape index (κ2) is 24.6. The van der Waals surface area contributed by atoms with Crippen LogP contribution in [-0.4, -0.2) is 129 Å². The van der Waals surface area contributed by atoms with Gasteiger partial charge in [-0.2, -0.15) is 0 Å². The quantitative estimate of drug-likeness (QED) is 0.0711. The number of carbonyl (C=O) groups is 6. The van der Waals surface area contributed by atoms with E-state index in [4.69, 9.17) is 18.4 Å². The third-order valence-corrected chi connectivity index (χ3v) is 16.5. The zero-order valence-electron chi connectivity index (χ0n) is 45.4. The predicted molar refractivity (Wildman–Crippen MR) is 315 cm³/mol. The third-order valence-electron chi connectivity index (χ3n) is 16.1. The van der Waals surface area contributed by atoms with Crippen LogP contribution in [0.5, 0.6) is 0 Å². The van der Waals surface area contributed by atoms with Crippen LogP contribution in [-0.2, 0) is 62.4 Å². The molecule has 10 heterocycles. The van der Waals surface area contributed by atoms with Gasteiger partial charge >= 0.3 is 29.1 Å². The van der Waals surface area contributed by atoms with Crippen LogP contribution < -0.4 is 0 Å². The van der Waals surface area contributed by atoms with E-state index >= 15 is 0 Å². The van der Waals surface area contributed by atoms with Gasteiger partial charge in [0.1, 0.15) is 11.3 Å². The first-order valence-corrected chi connectivity index (χ1v) is 28.6. The Balaban J connectivity index is 0.000000170. The standard InChI is InChI=1S/C30H26N6O3.C29H26BrN5O3.CH4NP.CN.Cu/c1-31-20-13-19-17-35(30(39)33-8-4-2-5-9-33)12-11-34-18-22(21(14-20)29(19)34)27-24(37)15-25(38)28(27)23-16-32-26-7-3-6-10-36(23)26;30-19-12-18-16-34(29(38)32-7-3-1-4-8-32)11-10-33-17-21(20(13-19)28(18)33)26-23(36)14-24(37)27(26)22-15-31-25-6-2-5-9-35(22)25;1-2-3;1-2;/h3,6-7,10,13-14,16,18H,2,4-5,8-9,11-12,15,17H2;2,5-6,9,12-13,15,17H,1,3-4,7-8,10-11,14,16H2;3H,1H3;;/q;;;-1;+1. The summed E-state index contributed by atoms with van der Waals surface area (Å²) < 4.78 is 12.1. The molecule has 4 aliphatic heterocycles. The van der Waals surface area contributed by atoms with Crippen LogP contribution in [0.1, 0.15) is 85.0 Å². The van der Waals surface area contributed by atoms with Gasteiger partial charge in [0.2, 0.25) is 0 Å². The van der Waals surface area contributed by atoms with Crippen molar-refractivity contribution in [3.8, 4) is 0 Å². The summed E-state index contributed by atoms with van der Waals surface area (Å²) in [7, 11) is 4.47. The molecule has 0 N–H and O–H groups in total. The van der Waals surface area contributed by atoms with E-state index in [1.807, 2.05) is 102 Å². The molecule has 0 unspecified atom stereocenters. The zero-order chi connectivity index (χ0) is 57.3. The van der Waals surface area contributed by atoms with E-state index in [-0.39, 0.29) is 65.1 Å². The molecule has 2 fully saturated rings. The number of Topliss-reactive ketones (excluding diaryl/α,β-unsaturated/α-hetero) is 4. The van der Waals surface area contributed by atoms with Crippen molar-refractivity contribution >= 4 is 121 Å². The van der Waals surface area contributed by atoms with Crippen LogP contribution in [0.4, 0.5) is 15.3 Å². The summed E-state index contributed by atoms with van der Waals surface area (Å²) in [6, 6.07) is 19.1. The molecule has 2 saturated heterocycles. The molecule has 0 saturated carbocycles. The molecule has 83 heavy (non-hydrogen) atoms. The van der Waals surface area contributed by atoms with Crippen molar-refractivity contribution in [2.75, 3.05) is 46.3 Å². The Kier molecular flexibility index (Phi) is 17.2. The minimum absolute atomic E-state index is 0. The van der Waals surface area contributed by atoms with Gasteiger partial charge in [-0.1, -0.05) is 28.1 Å². The number of fused-ring (bicyclic) bond motifs is 2. The number of hydrogen-bond donors (Lipinski definition) is 0. The van der Waals surface area contributed by atoms with Crippen molar-refractivity contribution in [1.29, 1.82) is 5.26 Å². The minimum atomic E-state index is -0.228. The molecular weight excluding hydrogens is 1190 g/mol. The molecule has 19 nitrogen and oxygen atoms in total. The second-order valence-electron chi connectivity index (χ2n) is 21.0. The zero-order valence-corrected chi connectivity index (χ0v) is 48.9. The summed E-state index contributed by atoms with van der Waals surface area (Å²) in [6.45, 7) is 18.8. The molecule has 0 atom stereocenters. The molecule has 8 aromatic rings. The number of urea groups is 2. The maximum Gasteiger partial charge on any atom is 1.00 e. The molecule has 6 aromatic heterocycles. The first-order chi connectivity index (χ1) is 39.9. The fourth-order valence-electron chi connectivity index (χ4n) is 12.5. The second-order valence-corrected chi connectivity index (χ2v) is 22.3.